The molecule has 0 N–H and O–H groups in total. The number of oxazole rings is 1. The van der Waals surface area contributed by atoms with Gasteiger partial charge in [0.05, 0.1) is 16.2 Å². The summed E-state index contributed by atoms with van der Waals surface area (Å²) in [6.07, 6.45) is 2.88. The number of aromatic nitrogens is 1. The second-order valence-corrected chi connectivity index (χ2v) is 8.22. The number of halogens is 2. The zero-order chi connectivity index (χ0) is 21.1. The Labute approximate surface area is 186 Å². The minimum Gasteiger partial charge on any atom is -0.441 e. The van der Waals surface area contributed by atoms with Crippen LogP contribution in [0.15, 0.2) is 53.1 Å². The highest BCUT2D eigenvalue weighted by Crippen LogP contribution is 2.25. The zero-order valence-corrected chi connectivity index (χ0v) is 18.3. The van der Waals surface area contributed by atoms with Crippen LogP contribution in [0.2, 0.25) is 10.0 Å². The van der Waals surface area contributed by atoms with Gasteiger partial charge in [0.2, 0.25) is 5.91 Å². The minimum atomic E-state index is 0.178. The lowest BCUT2D eigenvalue weighted by Crippen LogP contribution is -2.48. The first-order valence-corrected chi connectivity index (χ1v) is 10.7. The number of aryl methyl sites for hydroxylation is 2. The summed E-state index contributed by atoms with van der Waals surface area (Å²) in [4.78, 5) is 21.0. The quantitative estimate of drug-likeness (QED) is 0.540. The Morgan fingerprint density at radius 1 is 1.03 bits per heavy atom. The summed E-state index contributed by atoms with van der Waals surface area (Å²) in [5.74, 6) is 1.61. The van der Waals surface area contributed by atoms with Gasteiger partial charge in [-0.05, 0) is 48.4 Å². The molecule has 1 saturated heterocycles. The lowest BCUT2D eigenvalue weighted by Gasteiger charge is -2.36. The summed E-state index contributed by atoms with van der Waals surface area (Å²) in [6, 6.07) is 13.8. The van der Waals surface area contributed by atoms with Gasteiger partial charge in [-0.1, -0.05) is 29.3 Å². The number of rotatable bonds is 5. The Bertz CT molecular complexity index is 1030. The first kappa shape index (κ1) is 20.8. The molecule has 0 atom stereocenters. The highest BCUT2D eigenvalue weighted by atomic mass is 35.5. The van der Waals surface area contributed by atoms with Crippen molar-refractivity contribution in [2.45, 2.75) is 19.8 Å². The monoisotopic (exact) mass is 443 g/mol. The second kappa shape index (κ2) is 9.11. The van der Waals surface area contributed by atoms with Crippen LogP contribution in [-0.4, -0.2) is 42.0 Å². The third-order valence-corrected chi connectivity index (χ3v) is 6.12. The van der Waals surface area contributed by atoms with Gasteiger partial charge in [0.25, 0.3) is 0 Å². The van der Waals surface area contributed by atoms with E-state index in [1.165, 1.54) is 0 Å². The standard InChI is InChI=1S/C23H23Cl2N3O2/c1-16-26-15-22(30-16)18-4-6-19(7-5-18)27-10-12-28(13-11-27)23(29)9-3-17-2-8-20(24)21(25)14-17/h2,4-8,14-15H,3,9-13H2,1H3. The van der Waals surface area contributed by atoms with Crippen LogP contribution in [0, 0.1) is 6.92 Å². The van der Waals surface area contributed by atoms with E-state index in [-0.39, 0.29) is 5.91 Å². The van der Waals surface area contributed by atoms with Crippen LogP contribution in [0.1, 0.15) is 17.9 Å². The predicted molar refractivity (Wildman–Crippen MR) is 120 cm³/mol. The molecule has 30 heavy (non-hydrogen) atoms. The van der Waals surface area contributed by atoms with E-state index in [1.54, 1.807) is 12.3 Å². The van der Waals surface area contributed by atoms with Crippen molar-refractivity contribution in [1.82, 2.24) is 9.88 Å². The Morgan fingerprint density at radius 2 is 1.77 bits per heavy atom. The van der Waals surface area contributed by atoms with Crippen LogP contribution in [0.3, 0.4) is 0 Å². The number of hydrogen-bond donors (Lipinski definition) is 0. The van der Waals surface area contributed by atoms with Gasteiger partial charge < -0.3 is 14.2 Å². The largest absolute Gasteiger partial charge is 0.441 e. The number of amides is 1. The fourth-order valence-electron chi connectivity index (χ4n) is 3.65. The van der Waals surface area contributed by atoms with Crippen molar-refractivity contribution in [3.8, 4) is 11.3 Å². The molecule has 156 valence electrons. The van der Waals surface area contributed by atoms with Crippen molar-refractivity contribution in [2.24, 2.45) is 0 Å². The molecule has 5 nitrogen and oxygen atoms in total. The maximum absolute atomic E-state index is 12.6. The number of hydrogen-bond acceptors (Lipinski definition) is 4. The average Bonchev–Trinajstić information content (AvgIpc) is 3.21. The molecule has 2 aromatic carbocycles. The van der Waals surface area contributed by atoms with E-state index in [9.17, 15) is 4.79 Å². The van der Waals surface area contributed by atoms with E-state index in [2.05, 4.69) is 22.0 Å². The Kier molecular flexibility index (Phi) is 6.30. The Balaban J connectivity index is 1.29. The molecule has 0 aliphatic carbocycles. The summed E-state index contributed by atoms with van der Waals surface area (Å²) in [6.45, 7) is 4.92. The third-order valence-electron chi connectivity index (χ3n) is 5.38. The molecule has 1 aliphatic heterocycles. The smallest absolute Gasteiger partial charge is 0.223 e. The molecular formula is C23H23Cl2N3O2. The van der Waals surface area contributed by atoms with Crippen molar-refractivity contribution in [1.29, 1.82) is 0 Å². The van der Waals surface area contributed by atoms with Gasteiger partial charge in [-0.3, -0.25) is 4.79 Å². The van der Waals surface area contributed by atoms with E-state index >= 15 is 0 Å². The van der Waals surface area contributed by atoms with E-state index in [0.717, 1.165) is 48.8 Å². The number of benzene rings is 2. The highest BCUT2D eigenvalue weighted by molar-refractivity contribution is 6.42. The predicted octanol–water partition coefficient (Wildman–Crippen LogP) is 5.24. The molecule has 1 fully saturated rings. The topological polar surface area (TPSA) is 49.6 Å². The van der Waals surface area contributed by atoms with Crippen molar-refractivity contribution in [2.75, 3.05) is 31.1 Å². The number of piperazine rings is 1. The summed E-state index contributed by atoms with van der Waals surface area (Å²) < 4.78 is 5.58. The molecule has 7 heteroatoms. The highest BCUT2D eigenvalue weighted by Gasteiger charge is 2.21. The lowest BCUT2D eigenvalue weighted by atomic mass is 10.1. The van der Waals surface area contributed by atoms with Crippen LogP contribution in [0.4, 0.5) is 5.69 Å². The van der Waals surface area contributed by atoms with Gasteiger partial charge in [-0.2, -0.15) is 0 Å². The molecule has 3 aromatic rings. The summed E-state index contributed by atoms with van der Waals surface area (Å²) in [5, 5.41) is 1.06. The molecular weight excluding hydrogens is 421 g/mol. The Hall–Kier alpha value is -2.50. The molecule has 0 spiro atoms. The van der Waals surface area contributed by atoms with Crippen molar-refractivity contribution in [3.05, 3.63) is 70.2 Å². The third kappa shape index (κ3) is 4.79. The lowest BCUT2D eigenvalue weighted by molar-refractivity contribution is -0.131. The van der Waals surface area contributed by atoms with Crippen LogP contribution in [0.25, 0.3) is 11.3 Å². The van der Waals surface area contributed by atoms with Gasteiger partial charge in [0.1, 0.15) is 0 Å². The molecule has 4 rings (SSSR count). The fraction of sp³-hybridized carbons (Fsp3) is 0.304. The zero-order valence-electron chi connectivity index (χ0n) is 16.8. The van der Waals surface area contributed by atoms with E-state index in [0.29, 0.717) is 28.8 Å². The van der Waals surface area contributed by atoms with Gasteiger partial charge in [0, 0.05) is 50.8 Å². The number of carbonyl (C=O) groups is 1. The summed E-state index contributed by atoms with van der Waals surface area (Å²) in [7, 11) is 0. The van der Waals surface area contributed by atoms with E-state index in [1.807, 2.05) is 36.1 Å². The first-order valence-electron chi connectivity index (χ1n) is 9.99. The minimum absolute atomic E-state index is 0.178. The number of nitrogens with zero attached hydrogens (tertiary/aromatic N) is 3. The SMILES string of the molecule is Cc1ncc(-c2ccc(N3CCN(C(=O)CCc4ccc(Cl)c(Cl)c4)CC3)cc2)o1. The van der Waals surface area contributed by atoms with Crippen molar-refractivity contribution >= 4 is 34.8 Å². The molecule has 0 radical (unpaired) electrons. The average molecular weight is 444 g/mol. The van der Waals surface area contributed by atoms with E-state index < -0.39 is 0 Å². The second-order valence-electron chi connectivity index (χ2n) is 7.41. The molecule has 0 saturated carbocycles. The van der Waals surface area contributed by atoms with Crippen LogP contribution < -0.4 is 4.90 Å². The van der Waals surface area contributed by atoms with Gasteiger partial charge >= 0.3 is 0 Å². The normalized spacial score (nSPS) is 14.2. The van der Waals surface area contributed by atoms with Gasteiger partial charge in [0.15, 0.2) is 11.7 Å². The van der Waals surface area contributed by atoms with Crippen LogP contribution in [0.5, 0.6) is 0 Å². The van der Waals surface area contributed by atoms with Gasteiger partial charge in [-0.15, -0.1) is 0 Å². The molecule has 0 unspecified atom stereocenters. The molecule has 2 heterocycles. The van der Waals surface area contributed by atoms with Crippen LogP contribution >= 0.6 is 23.2 Å². The van der Waals surface area contributed by atoms with Gasteiger partial charge in [-0.25, -0.2) is 4.98 Å². The maximum atomic E-state index is 12.6. The maximum Gasteiger partial charge on any atom is 0.223 e. The molecule has 1 aliphatic rings. The summed E-state index contributed by atoms with van der Waals surface area (Å²) >= 11 is 12.0. The number of anilines is 1. The number of carbonyl (C=O) groups excluding carboxylic acids is 1. The molecule has 1 amide bonds. The van der Waals surface area contributed by atoms with Crippen molar-refractivity contribution < 1.29 is 9.21 Å². The molecule has 0 bridgehead atoms. The fourth-order valence-corrected chi connectivity index (χ4v) is 3.97. The van der Waals surface area contributed by atoms with Crippen LogP contribution in [-0.2, 0) is 11.2 Å². The first-order chi connectivity index (χ1) is 14.5. The van der Waals surface area contributed by atoms with E-state index in [4.69, 9.17) is 27.6 Å². The summed E-state index contributed by atoms with van der Waals surface area (Å²) in [5.41, 5.74) is 3.19. The molecule has 1 aromatic heterocycles. The Morgan fingerprint density at radius 3 is 2.40 bits per heavy atom. The van der Waals surface area contributed by atoms with Crippen molar-refractivity contribution in [3.63, 3.8) is 0 Å².